The number of hydrogen-bond acceptors (Lipinski definition) is 3. The van der Waals surface area contributed by atoms with Crippen molar-refractivity contribution in [3.63, 3.8) is 0 Å². The number of rotatable bonds is 5. The highest BCUT2D eigenvalue weighted by molar-refractivity contribution is 7.07. The molecule has 0 bridgehead atoms. The van der Waals surface area contributed by atoms with Crippen molar-refractivity contribution in [3.8, 4) is 5.75 Å². The predicted octanol–water partition coefficient (Wildman–Crippen LogP) is 4.04. The first-order valence-corrected chi connectivity index (χ1v) is 7.18. The number of benzene rings is 1. The van der Waals surface area contributed by atoms with E-state index in [1.807, 2.05) is 25.1 Å². The molecule has 0 unspecified atom stereocenters. The maximum absolute atomic E-state index is 6.16. The van der Waals surface area contributed by atoms with Gasteiger partial charge in [0.25, 0.3) is 0 Å². The van der Waals surface area contributed by atoms with Crippen LogP contribution in [-0.2, 0) is 6.42 Å². The molecule has 0 aliphatic heterocycles. The Morgan fingerprint density at radius 3 is 2.83 bits per heavy atom. The summed E-state index contributed by atoms with van der Waals surface area (Å²) in [4.78, 5) is 0. The average Bonchev–Trinajstić information content (AvgIpc) is 2.84. The maximum atomic E-state index is 6.16. The fraction of sp³-hybridized carbons (Fsp3) is 0.286. The summed E-state index contributed by atoms with van der Waals surface area (Å²) >= 11 is 7.85. The Kier molecular flexibility index (Phi) is 4.64. The standard InChI is InChI=1S/C14H16ClNOS/c1-10(16)12-2-3-14(13(15)8-12)17-6-4-11-5-7-18-9-11/h2-3,5,7-10H,4,6,16H2,1H3/t10-/m1/s1. The molecular formula is C14H16ClNOS. The van der Waals surface area contributed by atoms with Gasteiger partial charge in [-0.3, -0.25) is 0 Å². The van der Waals surface area contributed by atoms with E-state index in [1.54, 1.807) is 11.3 Å². The first-order valence-electron chi connectivity index (χ1n) is 5.85. The molecule has 0 radical (unpaired) electrons. The Bertz CT molecular complexity index is 497. The lowest BCUT2D eigenvalue weighted by molar-refractivity contribution is 0.322. The summed E-state index contributed by atoms with van der Waals surface area (Å²) in [5.41, 5.74) is 8.11. The van der Waals surface area contributed by atoms with Crippen LogP contribution in [0.4, 0.5) is 0 Å². The first kappa shape index (κ1) is 13.4. The molecule has 0 aliphatic carbocycles. The topological polar surface area (TPSA) is 35.2 Å². The highest BCUT2D eigenvalue weighted by atomic mass is 35.5. The zero-order valence-corrected chi connectivity index (χ0v) is 11.8. The Balaban J connectivity index is 1.93. The normalized spacial score (nSPS) is 12.4. The molecule has 0 amide bonds. The zero-order chi connectivity index (χ0) is 13.0. The van der Waals surface area contributed by atoms with Gasteiger partial charge < -0.3 is 10.5 Å². The second-order valence-corrected chi connectivity index (χ2v) is 5.40. The molecule has 2 N–H and O–H groups in total. The van der Waals surface area contributed by atoms with E-state index in [2.05, 4.69) is 16.8 Å². The van der Waals surface area contributed by atoms with Crippen molar-refractivity contribution in [2.75, 3.05) is 6.61 Å². The van der Waals surface area contributed by atoms with Gasteiger partial charge in [-0.25, -0.2) is 0 Å². The number of halogens is 1. The largest absolute Gasteiger partial charge is 0.492 e. The molecule has 2 nitrogen and oxygen atoms in total. The van der Waals surface area contributed by atoms with Gasteiger partial charge in [0, 0.05) is 12.5 Å². The Morgan fingerprint density at radius 2 is 2.22 bits per heavy atom. The second kappa shape index (κ2) is 6.23. The third kappa shape index (κ3) is 3.48. The summed E-state index contributed by atoms with van der Waals surface area (Å²) in [6.07, 6.45) is 0.898. The van der Waals surface area contributed by atoms with Crippen LogP contribution in [0.15, 0.2) is 35.0 Å². The van der Waals surface area contributed by atoms with Gasteiger partial charge in [0.2, 0.25) is 0 Å². The molecule has 0 saturated heterocycles. The lowest BCUT2D eigenvalue weighted by Gasteiger charge is -2.11. The molecule has 0 aliphatic rings. The lowest BCUT2D eigenvalue weighted by Crippen LogP contribution is -2.05. The minimum atomic E-state index is -0.0117. The van der Waals surface area contributed by atoms with E-state index in [1.165, 1.54) is 5.56 Å². The molecule has 0 fully saturated rings. The van der Waals surface area contributed by atoms with Crippen molar-refractivity contribution in [2.24, 2.45) is 5.73 Å². The summed E-state index contributed by atoms with van der Waals surface area (Å²) in [6, 6.07) is 7.80. The molecule has 18 heavy (non-hydrogen) atoms. The Morgan fingerprint density at radius 1 is 1.39 bits per heavy atom. The van der Waals surface area contributed by atoms with Gasteiger partial charge in [-0.2, -0.15) is 11.3 Å². The van der Waals surface area contributed by atoms with Crippen LogP contribution in [0.2, 0.25) is 5.02 Å². The second-order valence-electron chi connectivity index (χ2n) is 4.21. The molecule has 1 heterocycles. The fourth-order valence-electron chi connectivity index (χ4n) is 1.63. The number of hydrogen-bond donors (Lipinski definition) is 1. The number of ether oxygens (including phenoxy) is 1. The van der Waals surface area contributed by atoms with E-state index in [4.69, 9.17) is 22.1 Å². The smallest absolute Gasteiger partial charge is 0.137 e. The van der Waals surface area contributed by atoms with Crippen molar-refractivity contribution in [2.45, 2.75) is 19.4 Å². The van der Waals surface area contributed by atoms with Gasteiger partial charge in [-0.15, -0.1) is 0 Å². The van der Waals surface area contributed by atoms with Crippen LogP contribution in [0.25, 0.3) is 0 Å². The summed E-state index contributed by atoms with van der Waals surface area (Å²) < 4.78 is 5.68. The molecule has 2 aromatic rings. The summed E-state index contributed by atoms with van der Waals surface area (Å²) in [7, 11) is 0. The summed E-state index contributed by atoms with van der Waals surface area (Å²) in [5, 5.41) is 4.82. The lowest BCUT2D eigenvalue weighted by atomic mass is 10.1. The van der Waals surface area contributed by atoms with Crippen molar-refractivity contribution in [1.29, 1.82) is 0 Å². The first-order chi connectivity index (χ1) is 8.66. The van der Waals surface area contributed by atoms with E-state index < -0.39 is 0 Å². The van der Waals surface area contributed by atoms with Crippen molar-refractivity contribution in [3.05, 3.63) is 51.2 Å². The van der Waals surface area contributed by atoms with E-state index in [9.17, 15) is 0 Å². The van der Waals surface area contributed by atoms with E-state index in [0.717, 1.165) is 17.7 Å². The van der Waals surface area contributed by atoms with Gasteiger partial charge in [-0.05, 0) is 47.0 Å². The summed E-state index contributed by atoms with van der Waals surface area (Å²) in [6.45, 7) is 2.57. The zero-order valence-electron chi connectivity index (χ0n) is 10.2. The highest BCUT2D eigenvalue weighted by Crippen LogP contribution is 2.27. The van der Waals surface area contributed by atoms with Gasteiger partial charge in [0.1, 0.15) is 5.75 Å². The molecule has 2 rings (SSSR count). The number of thiophene rings is 1. The molecular weight excluding hydrogens is 266 g/mol. The van der Waals surface area contributed by atoms with Gasteiger partial charge >= 0.3 is 0 Å². The quantitative estimate of drug-likeness (QED) is 0.898. The highest BCUT2D eigenvalue weighted by Gasteiger charge is 2.06. The van der Waals surface area contributed by atoms with E-state index >= 15 is 0 Å². The van der Waals surface area contributed by atoms with Gasteiger partial charge in [0.15, 0.2) is 0 Å². The maximum Gasteiger partial charge on any atom is 0.137 e. The Hall–Kier alpha value is -1.03. The monoisotopic (exact) mass is 281 g/mol. The summed E-state index contributed by atoms with van der Waals surface area (Å²) in [5.74, 6) is 0.719. The van der Waals surface area contributed by atoms with Crippen LogP contribution < -0.4 is 10.5 Å². The minimum Gasteiger partial charge on any atom is -0.492 e. The van der Waals surface area contributed by atoms with Gasteiger partial charge in [-0.1, -0.05) is 17.7 Å². The average molecular weight is 282 g/mol. The molecule has 1 aromatic heterocycles. The third-order valence-electron chi connectivity index (χ3n) is 2.71. The molecule has 0 spiro atoms. The fourth-order valence-corrected chi connectivity index (χ4v) is 2.58. The van der Waals surface area contributed by atoms with E-state index in [-0.39, 0.29) is 6.04 Å². The van der Waals surface area contributed by atoms with Crippen molar-refractivity contribution >= 4 is 22.9 Å². The van der Waals surface area contributed by atoms with Gasteiger partial charge in [0.05, 0.1) is 11.6 Å². The van der Waals surface area contributed by atoms with Crippen LogP contribution >= 0.6 is 22.9 Å². The van der Waals surface area contributed by atoms with Crippen molar-refractivity contribution in [1.82, 2.24) is 0 Å². The molecule has 0 saturated carbocycles. The third-order valence-corrected chi connectivity index (χ3v) is 3.74. The van der Waals surface area contributed by atoms with Crippen LogP contribution in [0.3, 0.4) is 0 Å². The van der Waals surface area contributed by atoms with Crippen molar-refractivity contribution < 1.29 is 4.74 Å². The Labute approximate surface area is 116 Å². The SMILES string of the molecule is C[C@@H](N)c1ccc(OCCc2ccsc2)c(Cl)c1. The van der Waals surface area contributed by atoms with Crippen LogP contribution in [-0.4, -0.2) is 6.61 Å². The van der Waals surface area contributed by atoms with Crippen LogP contribution in [0, 0.1) is 0 Å². The molecule has 1 atom stereocenters. The van der Waals surface area contributed by atoms with Crippen LogP contribution in [0.1, 0.15) is 24.1 Å². The minimum absolute atomic E-state index is 0.0117. The van der Waals surface area contributed by atoms with E-state index in [0.29, 0.717) is 11.6 Å². The molecule has 96 valence electrons. The predicted molar refractivity (Wildman–Crippen MR) is 77.6 cm³/mol. The molecule has 1 aromatic carbocycles. The van der Waals surface area contributed by atoms with Crippen LogP contribution in [0.5, 0.6) is 5.75 Å². The number of nitrogens with two attached hydrogens (primary N) is 1. The molecule has 4 heteroatoms.